The lowest BCUT2D eigenvalue weighted by Crippen LogP contribution is -2.39. The van der Waals surface area contributed by atoms with Crippen LogP contribution < -0.4 is 5.32 Å². The Bertz CT molecular complexity index is 182. The Hall–Kier alpha value is -0.120. The van der Waals surface area contributed by atoms with Gasteiger partial charge in [0.1, 0.15) is 0 Å². The number of nitrogens with one attached hydrogen (secondary N) is 1. The summed E-state index contributed by atoms with van der Waals surface area (Å²) in [6.45, 7) is 14.1. The maximum atomic E-state index is 3.61. The van der Waals surface area contributed by atoms with Gasteiger partial charge in [-0.25, -0.2) is 0 Å². The molecule has 0 saturated carbocycles. The molecule has 1 saturated heterocycles. The van der Waals surface area contributed by atoms with Gasteiger partial charge in [-0.1, -0.05) is 13.8 Å². The molecule has 1 aliphatic heterocycles. The van der Waals surface area contributed by atoms with E-state index >= 15 is 0 Å². The minimum absolute atomic E-state index is 0.634. The van der Waals surface area contributed by atoms with Gasteiger partial charge in [-0.15, -0.1) is 0 Å². The summed E-state index contributed by atoms with van der Waals surface area (Å²) in [5.74, 6) is 0.732. The van der Waals surface area contributed by atoms with Crippen molar-refractivity contribution in [2.24, 2.45) is 5.92 Å². The zero-order valence-electron chi connectivity index (χ0n) is 11.5. The Labute approximate surface area is 101 Å². The van der Waals surface area contributed by atoms with Crippen LogP contribution in [0.15, 0.2) is 0 Å². The van der Waals surface area contributed by atoms with Crippen LogP contribution in [0.3, 0.4) is 0 Å². The van der Waals surface area contributed by atoms with E-state index in [9.17, 15) is 0 Å². The maximum absolute atomic E-state index is 3.61. The van der Waals surface area contributed by atoms with E-state index in [-0.39, 0.29) is 0 Å². The Morgan fingerprint density at radius 1 is 1.06 bits per heavy atom. The second kappa shape index (κ2) is 7.25. The highest BCUT2D eigenvalue weighted by Gasteiger charge is 2.12. The zero-order valence-corrected chi connectivity index (χ0v) is 11.5. The summed E-state index contributed by atoms with van der Waals surface area (Å²) >= 11 is 0. The highest BCUT2D eigenvalue weighted by Crippen LogP contribution is 2.01. The van der Waals surface area contributed by atoms with E-state index in [4.69, 9.17) is 0 Å². The van der Waals surface area contributed by atoms with Crippen LogP contribution in [0.1, 0.15) is 27.2 Å². The molecule has 1 rings (SSSR count). The predicted molar refractivity (Wildman–Crippen MR) is 70.9 cm³/mol. The van der Waals surface area contributed by atoms with Gasteiger partial charge in [0.15, 0.2) is 0 Å². The smallest absolute Gasteiger partial charge is 0.0110 e. The fourth-order valence-corrected chi connectivity index (χ4v) is 2.01. The lowest BCUT2D eigenvalue weighted by atomic mass is 10.1. The molecule has 96 valence electrons. The highest BCUT2D eigenvalue weighted by molar-refractivity contribution is 4.70. The van der Waals surface area contributed by atoms with E-state index in [1.54, 1.807) is 0 Å². The molecule has 0 radical (unpaired) electrons. The number of likely N-dealkylation sites (N-methyl/N-ethyl adjacent to an activating group) is 1. The molecule has 1 atom stereocenters. The van der Waals surface area contributed by atoms with Gasteiger partial charge in [0.2, 0.25) is 0 Å². The standard InChI is InChI=1S/C13H29N3/c1-12(2)13(3)14-6-9-16-8-5-7-15(4)10-11-16/h12-14H,5-11H2,1-4H3. The molecular weight excluding hydrogens is 198 g/mol. The van der Waals surface area contributed by atoms with Crippen LogP contribution in [0.25, 0.3) is 0 Å². The van der Waals surface area contributed by atoms with Crippen molar-refractivity contribution in [1.29, 1.82) is 0 Å². The van der Waals surface area contributed by atoms with Crippen LogP contribution >= 0.6 is 0 Å². The van der Waals surface area contributed by atoms with Gasteiger partial charge >= 0.3 is 0 Å². The van der Waals surface area contributed by atoms with Crippen LogP contribution in [-0.2, 0) is 0 Å². The van der Waals surface area contributed by atoms with Crippen molar-refractivity contribution < 1.29 is 0 Å². The summed E-state index contributed by atoms with van der Waals surface area (Å²) in [5, 5.41) is 3.61. The minimum Gasteiger partial charge on any atom is -0.313 e. The summed E-state index contributed by atoms with van der Waals surface area (Å²) in [7, 11) is 2.22. The van der Waals surface area contributed by atoms with Gasteiger partial charge in [-0.3, -0.25) is 0 Å². The van der Waals surface area contributed by atoms with Crippen LogP contribution in [0.5, 0.6) is 0 Å². The molecule has 1 unspecified atom stereocenters. The van der Waals surface area contributed by atoms with Crippen molar-refractivity contribution in [3.8, 4) is 0 Å². The Balaban J connectivity index is 2.12. The summed E-state index contributed by atoms with van der Waals surface area (Å²) < 4.78 is 0. The quantitative estimate of drug-likeness (QED) is 0.763. The third-order valence-corrected chi connectivity index (χ3v) is 3.71. The van der Waals surface area contributed by atoms with Crippen molar-refractivity contribution in [2.45, 2.75) is 33.2 Å². The van der Waals surface area contributed by atoms with Crippen molar-refractivity contribution in [2.75, 3.05) is 46.3 Å². The highest BCUT2D eigenvalue weighted by atomic mass is 15.2. The first kappa shape index (κ1) is 13.9. The number of hydrogen-bond acceptors (Lipinski definition) is 3. The van der Waals surface area contributed by atoms with Gasteiger partial charge in [0.05, 0.1) is 0 Å². The minimum atomic E-state index is 0.634. The van der Waals surface area contributed by atoms with E-state index in [0.717, 1.165) is 12.5 Å². The first-order chi connectivity index (χ1) is 7.59. The second-order valence-electron chi connectivity index (χ2n) is 5.49. The predicted octanol–water partition coefficient (Wildman–Crippen LogP) is 1.26. The molecule has 0 bridgehead atoms. The molecular formula is C13H29N3. The summed E-state index contributed by atoms with van der Waals surface area (Å²) in [5.41, 5.74) is 0. The Morgan fingerprint density at radius 2 is 1.81 bits per heavy atom. The molecule has 1 N–H and O–H groups in total. The van der Waals surface area contributed by atoms with E-state index < -0.39 is 0 Å². The van der Waals surface area contributed by atoms with Crippen molar-refractivity contribution in [3.63, 3.8) is 0 Å². The largest absolute Gasteiger partial charge is 0.313 e. The summed E-state index contributed by atoms with van der Waals surface area (Å²) in [6.07, 6.45) is 1.32. The topological polar surface area (TPSA) is 18.5 Å². The van der Waals surface area contributed by atoms with Crippen LogP contribution in [0.4, 0.5) is 0 Å². The molecule has 0 amide bonds. The van der Waals surface area contributed by atoms with Gasteiger partial charge in [0.25, 0.3) is 0 Å². The summed E-state index contributed by atoms with van der Waals surface area (Å²) in [4.78, 5) is 5.02. The van der Waals surface area contributed by atoms with Crippen LogP contribution in [0, 0.1) is 5.92 Å². The molecule has 1 aliphatic rings. The first-order valence-electron chi connectivity index (χ1n) is 6.74. The van der Waals surface area contributed by atoms with Gasteiger partial charge < -0.3 is 15.1 Å². The maximum Gasteiger partial charge on any atom is 0.0110 e. The molecule has 3 nitrogen and oxygen atoms in total. The van der Waals surface area contributed by atoms with Crippen molar-refractivity contribution in [1.82, 2.24) is 15.1 Å². The molecule has 16 heavy (non-hydrogen) atoms. The second-order valence-corrected chi connectivity index (χ2v) is 5.49. The molecule has 0 aliphatic carbocycles. The SMILES string of the molecule is CC(C)C(C)NCCN1CCCN(C)CC1. The molecule has 0 aromatic rings. The van der Waals surface area contributed by atoms with Crippen molar-refractivity contribution in [3.05, 3.63) is 0 Å². The zero-order chi connectivity index (χ0) is 12.0. The van der Waals surface area contributed by atoms with E-state index in [1.165, 1.54) is 39.1 Å². The van der Waals surface area contributed by atoms with Gasteiger partial charge in [-0.2, -0.15) is 0 Å². The summed E-state index contributed by atoms with van der Waals surface area (Å²) in [6, 6.07) is 0.634. The fourth-order valence-electron chi connectivity index (χ4n) is 2.01. The third-order valence-electron chi connectivity index (χ3n) is 3.71. The average molecular weight is 227 g/mol. The molecule has 1 heterocycles. The van der Waals surface area contributed by atoms with E-state index in [1.807, 2.05) is 0 Å². The van der Waals surface area contributed by atoms with E-state index in [2.05, 4.69) is 42.9 Å². The monoisotopic (exact) mass is 227 g/mol. The number of hydrogen-bond donors (Lipinski definition) is 1. The molecule has 0 aromatic heterocycles. The molecule has 3 heteroatoms. The fraction of sp³-hybridized carbons (Fsp3) is 1.00. The van der Waals surface area contributed by atoms with Gasteiger partial charge in [0, 0.05) is 32.2 Å². The van der Waals surface area contributed by atoms with Gasteiger partial charge in [-0.05, 0) is 39.4 Å². The number of nitrogens with zero attached hydrogens (tertiary/aromatic N) is 2. The third kappa shape index (κ3) is 5.28. The Morgan fingerprint density at radius 3 is 2.50 bits per heavy atom. The normalized spacial score (nSPS) is 22.3. The first-order valence-corrected chi connectivity index (χ1v) is 6.74. The Kier molecular flexibility index (Phi) is 6.32. The lowest BCUT2D eigenvalue weighted by molar-refractivity contribution is 0.268. The molecule has 1 fully saturated rings. The molecule has 0 spiro atoms. The average Bonchev–Trinajstić information content (AvgIpc) is 2.43. The number of rotatable bonds is 5. The van der Waals surface area contributed by atoms with Crippen LogP contribution in [-0.4, -0.2) is 62.2 Å². The van der Waals surface area contributed by atoms with Crippen LogP contribution in [0.2, 0.25) is 0 Å². The molecule has 0 aromatic carbocycles. The lowest BCUT2D eigenvalue weighted by Gasteiger charge is -2.23. The van der Waals surface area contributed by atoms with E-state index in [0.29, 0.717) is 6.04 Å². The van der Waals surface area contributed by atoms with Crippen molar-refractivity contribution >= 4 is 0 Å².